The molecule has 0 aliphatic heterocycles. The minimum atomic E-state index is -0.332. The summed E-state index contributed by atoms with van der Waals surface area (Å²) in [5.74, 6) is -0.663. The molecule has 0 aliphatic rings. The summed E-state index contributed by atoms with van der Waals surface area (Å²) >= 11 is 0. The van der Waals surface area contributed by atoms with Gasteiger partial charge in [-0.15, -0.1) is 6.58 Å². The second-order valence-electron chi connectivity index (χ2n) is 3.00. The van der Waals surface area contributed by atoms with Gasteiger partial charge in [0, 0.05) is 19.8 Å². The Labute approximate surface area is 83.9 Å². The lowest BCUT2D eigenvalue weighted by molar-refractivity contribution is -0.146. The molecular formula is C10H16O4. The van der Waals surface area contributed by atoms with Crippen molar-refractivity contribution < 1.29 is 19.1 Å². The van der Waals surface area contributed by atoms with Crippen molar-refractivity contribution in [2.75, 3.05) is 13.2 Å². The monoisotopic (exact) mass is 200 g/mol. The molecule has 0 saturated carbocycles. The summed E-state index contributed by atoms with van der Waals surface area (Å²) < 4.78 is 9.62. The average molecular weight is 200 g/mol. The van der Waals surface area contributed by atoms with Crippen LogP contribution in [0, 0.1) is 5.92 Å². The molecule has 0 aromatic carbocycles. The standard InChI is InChI=1S/C10H16O4/c1-4-5-10(6-13-8(2)11)7-14-9(3)12/h4,10H,1,5-7H2,2-3H3. The molecule has 0 radical (unpaired) electrons. The minimum Gasteiger partial charge on any atom is -0.465 e. The molecule has 0 rings (SSSR count). The molecule has 14 heavy (non-hydrogen) atoms. The number of allylic oxidation sites excluding steroid dienone is 1. The van der Waals surface area contributed by atoms with Crippen LogP contribution in [0.15, 0.2) is 12.7 Å². The molecule has 0 aromatic rings. The quantitative estimate of drug-likeness (QED) is 0.479. The van der Waals surface area contributed by atoms with E-state index in [-0.39, 0.29) is 31.1 Å². The number of hydrogen-bond acceptors (Lipinski definition) is 4. The highest BCUT2D eigenvalue weighted by atomic mass is 16.5. The van der Waals surface area contributed by atoms with Gasteiger partial charge >= 0.3 is 11.9 Å². The van der Waals surface area contributed by atoms with Crippen molar-refractivity contribution in [1.82, 2.24) is 0 Å². The van der Waals surface area contributed by atoms with Crippen molar-refractivity contribution in [3.05, 3.63) is 12.7 Å². The second kappa shape index (κ2) is 7.12. The Hall–Kier alpha value is -1.32. The van der Waals surface area contributed by atoms with Crippen LogP contribution in [-0.4, -0.2) is 25.2 Å². The maximum atomic E-state index is 10.5. The summed E-state index contributed by atoms with van der Waals surface area (Å²) in [4.78, 5) is 21.1. The molecule has 0 aromatic heterocycles. The Morgan fingerprint density at radius 2 is 1.64 bits per heavy atom. The van der Waals surface area contributed by atoms with Gasteiger partial charge in [-0.25, -0.2) is 0 Å². The van der Waals surface area contributed by atoms with Crippen LogP contribution < -0.4 is 0 Å². The molecular weight excluding hydrogens is 184 g/mol. The third-order valence-electron chi connectivity index (χ3n) is 1.54. The van der Waals surface area contributed by atoms with Gasteiger partial charge in [-0.05, 0) is 6.42 Å². The van der Waals surface area contributed by atoms with Gasteiger partial charge in [0.25, 0.3) is 0 Å². The summed E-state index contributed by atoms with van der Waals surface area (Å²) in [5.41, 5.74) is 0. The highest BCUT2D eigenvalue weighted by molar-refractivity contribution is 5.66. The number of carbonyl (C=O) groups excluding carboxylic acids is 2. The van der Waals surface area contributed by atoms with Crippen LogP contribution in [0.4, 0.5) is 0 Å². The summed E-state index contributed by atoms with van der Waals surface area (Å²) in [6.07, 6.45) is 2.36. The zero-order valence-electron chi connectivity index (χ0n) is 8.62. The van der Waals surface area contributed by atoms with Crippen molar-refractivity contribution in [3.8, 4) is 0 Å². The molecule has 0 amide bonds. The van der Waals surface area contributed by atoms with Crippen LogP contribution in [0.3, 0.4) is 0 Å². The largest absolute Gasteiger partial charge is 0.465 e. The fourth-order valence-corrected chi connectivity index (χ4v) is 0.890. The molecule has 0 aliphatic carbocycles. The van der Waals surface area contributed by atoms with Crippen LogP contribution >= 0.6 is 0 Å². The Bertz CT molecular complexity index is 192. The molecule has 80 valence electrons. The van der Waals surface area contributed by atoms with Crippen molar-refractivity contribution >= 4 is 11.9 Å². The van der Waals surface area contributed by atoms with Crippen molar-refractivity contribution in [3.63, 3.8) is 0 Å². The fraction of sp³-hybridized carbons (Fsp3) is 0.600. The van der Waals surface area contributed by atoms with E-state index in [0.717, 1.165) is 0 Å². The number of hydrogen-bond donors (Lipinski definition) is 0. The third-order valence-corrected chi connectivity index (χ3v) is 1.54. The number of rotatable bonds is 6. The average Bonchev–Trinajstić information content (AvgIpc) is 2.09. The van der Waals surface area contributed by atoms with Gasteiger partial charge in [0.15, 0.2) is 0 Å². The smallest absolute Gasteiger partial charge is 0.302 e. The molecule has 0 bridgehead atoms. The van der Waals surface area contributed by atoms with Crippen molar-refractivity contribution in [1.29, 1.82) is 0 Å². The van der Waals surface area contributed by atoms with Gasteiger partial charge in [-0.2, -0.15) is 0 Å². The van der Waals surface area contributed by atoms with E-state index in [9.17, 15) is 9.59 Å². The third kappa shape index (κ3) is 7.34. The zero-order valence-corrected chi connectivity index (χ0v) is 8.62. The van der Waals surface area contributed by atoms with Gasteiger partial charge in [0.1, 0.15) is 0 Å². The molecule has 0 heterocycles. The molecule has 4 nitrogen and oxygen atoms in total. The van der Waals surface area contributed by atoms with Crippen LogP contribution in [0.25, 0.3) is 0 Å². The van der Waals surface area contributed by atoms with E-state index >= 15 is 0 Å². The van der Waals surface area contributed by atoms with Crippen LogP contribution in [0.1, 0.15) is 20.3 Å². The van der Waals surface area contributed by atoms with Gasteiger partial charge in [-0.3, -0.25) is 9.59 Å². The van der Waals surface area contributed by atoms with Gasteiger partial charge in [0.05, 0.1) is 13.2 Å². The van der Waals surface area contributed by atoms with Gasteiger partial charge < -0.3 is 9.47 Å². The Morgan fingerprint density at radius 1 is 1.21 bits per heavy atom. The van der Waals surface area contributed by atoms with E-state index in [2.05, 4.69) is 6.58 Å². The van der Waals surface area contributed by atoms with Crippen LogP contribution in [0.5, 0.6) is 0 Å². The summed E-state index contributed by atoms with van der Waals surface area (Å²) in [5, 5.41) is 0. The minimum absolute atomic E-state index is 0.000278. The van der Waals surface area contributed by atoms with Crippen LogP contribution in [-0.2, 0) is 19.1 Å². The van der Waals surface area contributed by atoms with E-state index in [0.29, 0.717) is 6.42 Å². The number of esters is 2. The molecule has 0 spiro atoms. The lowest BCUT2D eigenvalue weighted by atomic mass is 10.1. The zero-order chi connectivity index (χ0) is 11.0. The SMILES string of the molecule is C=CCC(COC(C)=O)COC(C)=O. The van der Waals surface area contributed by atoms with Gasteiger partial charge in [-0.1, -0.05) is 6.08 Å². The normalized spacial score (nSPS) is 9.64. The summed E-state index contributed by atoms with van der Waals surface area (Å²) in [6, 6.07) is 0. The molecule has 0 unspecified atom stereocenters. The first-order valence-electron chi connectivity index (χ1n) is 4.44. The molecule has 0 fully saturated rings. The van der Waals surface area contributed by atoms with E-state index in [4.69, 9.17) is 9.47 Å². The molecule has 0 N–H and O–H groups in total. The Kier molecular flexibility index (Phi) is 6.45. The maximum Gasteiger partial charge on any atom is 0.302 e. The maximum absolute atomic E-state index is 10.5. The predicted molar refractivity (Wildman–Crippen MR) is 51.6 cm³/mol. The van der Waals surface area contributed by atoms with E-state index < -0.39 is 0 Å². The molecule has 4 heteroatoms. The summed E-state index contributed by atoms with van der Waals surface area (Å²) in [7, 11) is 0. The predicted octanol–water partition coefficient (Wildman–Crippen LogP) is 1.30. The van der Waals surface area contributed by atoms with E-state index in [1.165, 1.54) is 13.8 Å². The first-order chi connectivity index (χ1) is 6.56. The lowest BCUT2D eigenvalue weighted by Gasteiger charge is -2.13. The number of ether oxygens (including phenoxy) is 2. The summed E-state index contributed by atoms with van der Waals surface area (Å²) in [6.45, 7) is 6.78. The van der Waals surface area contributed by atoms with Crippen LogP contribution in [0.2, 0.25) is 0 Å². The fourth-order valence-electron chi connectivity index (χ4n) is 0.890. The topological polar surface area (TPSA) is 52.6 Å². The van der Waals surface area contributed by atoms with Crippen molar-refractivity contribution in [2.24, 2.45) is 5.92 Å². The van der Waals surface area contributed by atoms with Crippen molar-refractivity contribution in [2.45, 2.75) is 20.3 Å². The van der Waals surface area contributed by atoms with E-state index in [1.54, 1.807) is 6.08 Å². The Morgan fingerprint density at radius 3 is 1.93 bits per heavy atom. The Balaban J connectivity index is 3.81. The van der Waals surface area contributed by atoms with Gasteiger partial charge in [0.2, 0.25) is 0 Å². The van der Waals surface area contributed by atoms with E-state index in [1.807, 2.05) is 0 Å². The highest BCUT2D eigenvalue weighted by Crippen LogP contribution is 2.05. The first kappa shape index (κ1) is 12.7. The first-order valence-corrected chi connectivity index (χ1v) is 4.44. The molecule has 0 atom stereocenters. The number of carbonyl (C=O) groups is 2. The molecule has 0 saturated heterocycles. The second-order valence-corrected chi connectivity index (χ2v) is 3.00. The highest BCUT2D eigenvalue weighted by Gasteiger charge is 2.10. The lowest BCUT2D eigenvalue weighted by Crippen LogP contribution is -2.18.